The first-order valence-corrected chi connectivity index (χ1v) is 4.52. The SMILES string of the molecule is COc1nc(C(C)C)c(=O)[nH]c1C(F)(F)F. The maximum absolute atomic E-state index is 12.5. The summed E-state index contributed by atoms with van der Waals surface area (Å²) in [6, 6.07) is 0. The third kappa shape index (κ3) is 2.34. The highest BCUT2D eigenvalue weighted by molar-refractivity contribution is 5.23. The van der Waals surface area contributed by atoms with Crippen molar-refractivity contribution in [2.24, 2.45) is 0 Å². The molecule has 1 heterocycles. The molecule has 0 saturated heterocycles. The van der Waals surface area contributed by atoms with Gasteiger partial charge < -0.3 is 9.72 Å². The molecule has 90 valence electrons. The Kier molecular flexibility index (Phi) is 3.25. The Morgan fingerprint density at radius 1 is 1.38 bits per heavy atom. The van der Waals surface area contributed by atoms with E-state index in [-0.39, 0.29) is 11.6 Å². The largest absolute Gasteiger partial charge is 0.480 e. The number of methoxy groups -OCH3 is 1. The number of alkyl halides is 3. The Morgan fingerprint density at radius 3 is 2.31 bits per heavy atom. The number of aromatic nitrogens is 2. The van der Waals surface area contributed by atoms with E-state index in [1.165, 1.54) is 0 Å². The molecule has 0 spiro atoms. The fraction of sp³-hybridized carbons (Fsp3) is 0.556. The molecule has 0 saturated carbocycles. The van der Waals surface area contributed by atoms with Crippen LogP contribution in [0.1, 0.15) is 31.2 Å². The molecule has 0 aliphatic rings. The van der Waals surface area contributed by atoms with Crippen molar-refractivity contribution in [1.82, 2.24) is 9.97 Å². The van der Waals surface area contributed by atoms with Gasteiger partial charge in [0.15, 0.2) is 5.69 Å². The molecular formula is C9H11F3N2O2. The van der Waals surface area contributed by atoms with Crippen LogP contribution >= 0.6 is 0 Å². The molecule has 0 fully saturated rings. The number of H-pyrrole nitrogens is 1. The zero-order chi connectivity index (χ0) is 12.5. The monoisotopic (exact) mass is 236 g/mol. The zero-order valence-corrected chi connectivity index (χ0v) is 8.97. The van der Waals surface area contributed by atoms with E-state index in [4.69, 9.17) is 0 Å². The molecule has 0 aromatic carbocycles. The maximum Gasteiger partial charge on any atom is 0.436 e. The highest BCUT2D eigenvalue weighted by Gasteiger charge is 2.37. The molecule has 0 bridgehead atoms. The summed E-state index contributed by atoms with van der Waals surface area (Å²) >= 11 is 0. The predicted molar refractivity (Wildman–Crippen MR) is 50.5 cm³/mol. The van der Waals surface area contributed by atoms with Gasteiger partial charge in [-0.15, -0.1) is 0 Å². The van der Waals surface area contributed by atoms with Crippen molar-refractivity contribution in [2.75, 3.05) is 7.11 Å². The van der Waals surface area contributed by atoms with Crippen molar-refractivity contribution in [2.45, 2.75) is 25.9 Å². The summed E-state index contributed by atoms with van der Waals surface area (Å²) in [5.74, 6) is -0.893. The van der Waals surface area contributed by atoms with Gasteiger partial charge in [-0.1, -0.05) is 13.8 Å². The minimum absolute atomic E-state index is 0.0184. The molecular weight excluding hydrogens is 225 g/mol. The Labute approximate surface area is 89.5 Å². The van der Waals surface area contributed by atoms with Crippen LogP contribution in [0, 0.1) is 0 Å². The lowest BCUT2D eigenvalue weighted by Crippen LogP contribution is -2.23. The summed E-state index contributed by atoms with van der Waals surface area (Å²) in [5.41, 5.74) is -2.09. The number of halogens is 3. The van der Waals surface area contributed by atoms with Crippen LogP contribution < -0.4 is 10.3 Å². The molecule has 0 aliphatic heterocycles. The van der Waals surface area contributed by atoms with Gasteiger partial charge in [-0.25, -0.2) is 4.98 Å². The van der Waals surface area contributed by atoms with Gasteiger partial charge in [0.1, 0.15) is 5.69 Å². The number of rotatable bonds is 2. The molecule has 1 N–H and O–H groups in total. The van der Waals surface area contributed by atoms with Gasteiger partial charge in [0, 0.05) is 5.92 Å². The van der Waals surface area contributed by atoms with Crippen LogP contribution in [-0.4, -0.2) is 17.1 Å². The molecule has 7 heteroatoms. The highest BCUT2D eigenvalue weighted by Crippen LogP contribution is 2.32. The van der Waals surface area contributed by atoms with Gasteiger partial charge in [-0.3, -0.25) is 4.79 Å². The van der Waals surface area contributed by atoms with Crippen LogP contribution in [0.15, 0.2) is 4.79 Å². The number of ether oxygens (including phenoxy) is 1. The first-order chi connectivity index (χ1) is 7.27. The second-order valence-corrected chi connectivity index (χ2v) is 3.49. The summed E-state index contributed by atoms with van der Waals surface area (Å²) < 4.78 is 41.9. The summed E-state index contributed by atoms with van der Waals surface area (Å²) in [6.45, 7) is 3.31. The van der Waals surface area contributed by atoms with E-state index in [1.54, 1.807) is 18.8 Å². The number of hydrogen-bond donors (Lipinski definition) is 1. The lowest BCUT2D eigenvalue weighted by Gasteiger charge is -2.12. The maximum atomic E-state index is 12.5. The van der Waals surface area contributed by atoms with Gasteiger partial charge >= 0.3 is 6.18 Å². The molecule has 0 unspecified atom stereocenters. The van der Waals surface area contributed by atoms with E-state index in [0.717, 1.165) is 7.11 Å². The number of nitrogens with zero attached hydrogens (tertiary/aromatic N) is 1. The Balaban J connectivity index is 3.45. The predicted octanol–water partition coefficient (Wildman–Crippen LogP) is 1.92. The summed E-state index contributed by atoms with van der Waals surface area (Å²) in [6.07, 6.45) is -4.69. The van der Waals surface area contributed by atoms with Crippen LogP contribution in [0.4, 0.5) is 13.2 Å². The van der Waals surface area contributed by atoms with Gasteiger partial charge in [0.25, 0.3) is 5.56 Å². The van der Waals surface area contributed by atoms with Crippen LogP contribution in [-0.2, 0) is 6.18 Å². The zero-order valence-electron chi connectivity index (χ0n) is 8.97. The average Bonchev–Trinajstić information content (AvgIpc) is 2.15. The molecule has 1 aromatic heterocycles. The number of aromatic amines is 1. The average molecular weight is 236 g/mol. The van der Waals surface area contributed by atoms with E-state index >= 15 is 0 Å². The summed E-state index contributed by atoms with van der Waals surface area (Å²) in [5, 5.41) is 0. The van der Waals surface area contributed by atoms with E-state index in [9.17, 15) is 18.0 Å². The van der Waals surface area contributed by atoms with Crippen molar-refractivity contribution in [1.29, 1.82) is 0 Å². The summed E-state index contributed by atoms with van der Waals surface area (Å²) in [4.78, 5) is 16.6. The topological polar surface area (TPSA) is 55.0 Å². The van der Waals surface area contributed by atoms with Gasteiger partial charge in [-0.2, -0.15) is 13.2 Å². The smallest absolute Gasteiger partial charge is 0.436 e. The fourth-order valence-corrected chi connectivity index (χ4v) is 1.18. The molecule has 4 nitrogen and oxygen atoms in total. The molecule has 0 radical (unpaired) electrons. The van der Waals surface area contributed by atoms with E-state index in [0.29, 0.717) is 0 Å². The third-order valence-corrected chi connectivity index (χ3v) is 1.93. The normalized spacial score (nSPS) is 11.9. The standard InChI is InChI=1S/C9H11F3N2O2/c1-4(2)5-7(15)14-6(9(10,11)12)8(13-5)16-3/h4H,1-3H3,(H,14,15). The van der Waals surface area contributed by atoms with Crippen LogP contribution in [0.5, 0.6) is 5.88 Å². The first kappa shape index (κ1) is 12.5. The van der Waals surface area contributed by atoms with Crippen LogP contribution in [0.3, 0.4) is 0 Å². The Bertz CT molecular complexity index is 437. The lowest BCUT2D eigenvalue weighted by molar-refractivity contribution is -0.143. The van der Waals surface area contributed by atoms with E-state index in [1.807, 2.05) is 0 Å². The van der Waals surface area contributed by atoms with Crippen molar-refractivity contribution in [3.05, 3.63) is 21.7 Å². The summed E-state index contributed by atoms with van der Waals surface area (Å²) in [7, 11) is 1.07. The van der Waals surface area contributed by atoms with Crippen LogP contribution in [0.2, 0.25) is 0 Å². The van der Waals surface area contributed by atoms with Crippen LogP contribution in [0.25, 0.3) is 0 Å². The second kappa shape index (κ2) is 4.15. The molecule has 1 rings (SSSR count). The van der Waals surface area contributed by atoms with Gasteiger partial charge in [-0.05, 0) is 0 Å². The lowest BCUT2D eigenvalue weighted by atomic mass is 10.1. The fourth-order valence-electron chi connectivity index (χ4n) is 1.18. The second-order valence-electron chi connectivity index (χ2n) is 3.49. The molecule has 1 aromatic rings. The minimum atomic E-state index is -4.69. The van der Waals surface area contributed by atoms with Crippen molar-refractivity contribution < 1.29 is 17.9 Å². The first-order valence-electron chi connectivity index (χ1n) is 4.52. The van der Waals surface area contributed by atoms with Crippen molar-refractivity contribution in [3.8, 4) is 5.88 Å². The Morgan fingerprint density at radius 2 is 1.94 bits per heavy atom. The number of nitrogens with one attached hydrogen (secondary N) is 1. The highest BCUT2D eigenvalue weighted by atomic mass is 19.4. The minimum Gasteiger partial charge on any atom is -0.480 e. The third-order valence-electron chi connectivity index (χ3n) is 1.93. The molecule has 0 amide bonds. The van der Waals surface area contributed by atoms with Crippen molar-refractivity contribution in [3.63, 3.8) is 0 Å². The molecule has 16 heavy (non-hydrogen) atoms. The Hall–Kier alpha value is -1.53. The van der Waals surface area contributed by atoms with E-state index in [2.05, 4.69) is 9.72 Å². The van der Waals surface area contributed by atoms with Gasteiger partial charge in [0.2, 0.25) is 5.88 Å². The molecule has 0 atom stereocenters. The van der Waals surface area contributed by atoms with Gasteiger partial charge in [0.05, 0.1) is 7.11 Å². The van der Waals surface area contributed by atoms with E-state index < -0.39 is 23.3 Å². The number of hydrogen-bond acceptors (Lipinski definition) is 3. The van der Waals surface area contributed by atoms with Crippen molar-refractivity contribution >= 4 is 0 Å². The molecule has 0 aliphatic carbocycles. The quantitative estimate of drug-likeness (QED) is 0.853.